The zero-order valence-electron chi connectivity index (χ0n) is 12.0. The van der Waals surface area contributed by atoms with Crippen LogP contribution in [0, 0.1) is 5.92 Å². The highest BCUT2D eigenvalue weighted by Crippen LogP contribution is 2.34. The van der Waals surface area contributed by atoms with Gasteiger partial charge in [0, 0.05) is 25.1 Å². The van der Waals surface area contributed by atoms with Gasteiger partial charge in [-0.15, -0.1) is 0 Å². The van der Waals surface area contributed by atoms with Crippen LogP contribution in [0.4, 0.5) is 0 Å². The van der Waals surface area contributed by atoms with Crippen LogP contribution in [-0.2, 0) is 11.2 Å². The average Bonchev–Trinajstić information content (AvgIpc) is 3.25. The van der Waals surface area contributed by atoms with Crippen molar-refractivity contribution in [3.8, 4) is 0 Å². The Morgan fingerprint density at radius 1 is 1.29 bits per heavy atom. The van der Waals surface area contributed by atoms with Crippen LogP contribution in [0.1, 0.15) is 41.9 Å². The molecule has 1 aliphatic carbocycles. The van der Waals surface area contributed by atoms with Gasteiger partial charge in [-0.1, -0.05) is 24.3 Å². The smallest absolute Gasteiger partial charge is 0.153 e. The van der Waals surface area contributed by atoms with E-state index in [2.05, 4.69) is 44.8 Å². The van der Waals surface area contributed by atoms with E-state index in [-0.39, 0.29) is 6.10 Å². The molecule has 3 atom stereocenters. The van der Waals surface area contributed by atoms with Crippen LogP contribution in [0.25, 0.3) is 0 Å². The van der Waals surface area contributed by atoms with Crippen molar-refractivity contribution in [1.82, 2.24) is 20.5 Å². The molecule has 5 nitrogen and oxygen atoms in total. The highest BCUT2D eigenvalue weighted by Gasteiger charge is 2.32. The Bertz CT molecular complexity index is 598. The van der Waals surface area contributed by atoms with Crippen LogP contribution in [-0.4, -0.2) is 28.3 Å². The molecule has 0 radical (unpaired) electrons. The second kappa shape index (κ2) is 5.58. The molecule has 4 rings (SSSR count). The first-order valence-corrected chi connectivity index (χ1v) is 7.70. The SMILES string of the molecule is c1ccc2c(c1)CCC2NC[C@@H]1CCO[C@@H]1c1ncn[nH]1. The highest BCUT2D eigenvalue weighted by molar-refractivity contribution is 5.34. The van der Waals surface area contributed by atoms with Crippen LogP contribution in [0.3, 0.4) is 0 Å². The maximum Gasteiger partial charge on any atom is 0.153 e. The molecule has 2 N–H and O–H groups in total. The molecule has 1 saturated heterocycles. The van der Waals surface area contributed by atoms with Crippen molar-refractivity contribution in [1.29, 1.82) is 0 Å². The minimum Gasteiger partial charge on any atom is -0.370 e. The molecule has 0 saturated carbocycles. The number of rotatable bonds is 4. The summed E-state index contributed by atoms with van der Waals surface area (Å²) < 4.78 is 5.82. The van der Waals surface area contributed by atoms with E-state index < -0.39 is 0 Å². The lowest BCUT2D eigenvalue weighted by molar-refractivity contribution is 0.0829. The van der Waals surface area contributed by atoms with E-state index in [0.717, 1.165) is 25.4 Å². The number of hydrogen-bond acceptors (Lipinski definition) is 4. The third-order valence-electron chi connectivity index (χ3n) is 4.68. The quantitative estimate of drug-likeness (QED) is 0.903. The number of ether oxygens (including phenoxy) is 1. The fraction of sp³-hybridized carbons (Fsp3) is 0.500. The summed E-state index contributed by atoms with van der Waals surface area (Å²) in [7, 11) is 0. The maximum atomic E-state index is 5.82. The largest absolute Gasteiger partial charge is 0.370 e. The van der Waals surface area contributed by atoms with Crippen LogP contribution >= 0.6 is 0 Å². The van der Waals surface area contributed by atoms with E-state index in [1.807, 2.05) is 0 Å². The van der Waals surface area contributed by atoms with Gasteiger partial charge < -0.3 is 10.1 Å². The Morgan fingerprint density at radius 2 is 2.24 bits per heavy atom. The van der Waals surface area contributed by atoms with Crippen molar-refractivity contribution in [3.05, 3.63) is 47.5 Å². The summed E-state index contributed by atoms with van der Waals surface area (Å²) in [6, 6.07) is 9.24. The lowest BCUT2D eigenvalue weighted by Crippen LogP contribution is -2.28. The molecule has 2 heterocycles. The van der Waals surface area contributed by atoms with E-state index in [1.165, 1.54) is 24.0 Å². The van der Waals surface area contributed by atoms with Crippen molar-refractivity contribution in [3.63, 3.8) is 0 Å². The molecule has 0 spiro atoms. The Morgan fingerprint density at radius 3 is 3.14 bits per heavy atom. The number of nitrogens with one attached hydrogen (secondary N) is 2. The van der Waals surface area contributed by atoms with Crippen LogP contribution in [0.15, 0.2) is 30.6 Å². The number of fused-ring (bicyclic) bond motifs is 1. The summed E-state index contributed by atoms with van der Waals surface area (Å²) in [5, 5.41) is 10.6. The minimum absolute atomic E-state index is 0.0525. The van der Waals surface area contributed by atoms with Crippen molar-refractivity contribution in [2.45, 2.75) is 31.4 Å². The van der Waals surface area contributed by atoms with Crippen LogP contribution in [0.2, 0.25) is 0 Å². The molecular weight excluding hydrogens is 264 g/mol. The molecule has 1 aliphatic heterocycles. The third kappa shape index (κ3) is 2.47. The van der Waals surface area contributed by atoms with E-state index in [1.54, 1.807) is 6.33 Å². The summed E-state index contributed by atoms with van der Waals surface area (Å²) in [5.74, 6) is 1.32. The number of hydrogen-bond donors (Lipinski definition) is 2. The van der Waals surface area contributed by atoms with E-state index in [0.29, 0.717) is 12.0 Å². The zero-order valence-corrected chi connectivity index (χ0v) is 12.0. The molecule has 1 aromatic carbocycles. The summed E-state index contributed by atoms with van der Waals surface area (Å²) in [5.41, 5.74) is 2.96. The lowest BCUT2D eigenvalue weighted by Gasteiger charge is -2.20. The van der Waals surface area contributed by atoms with Gasteiger partial charge in [-0.2, -0.15) is 5.10 Å². The van der Waals surface area contributed by atoms with Gasteiger partial charge in [0.15, 0.2) is 5.82 Å². The number of nitrogens with zero attached hydrogens (tertiary/aromatic N) is 2. The zero-order chi connectivity index (χ0) is 14.1. The predicted octanol–water partition coefficient (Wildman–Crippen LogP) is 2.16. The summed E-state index contributed by atoms with van der Waals surface area (Å²) in [4.78, 5) is 4.24. The Balaban J connectivity index is 1.41. The number of aromatic amines is 1. The van der Waals surface area contributed by atoms with Gasteiger partial charge in [0.05, 0.1) is 0 Å². The number of aryl methyl sites for hydroxylation is 1. The predicted molar refractivity (Wildman–Crippen MR) is 78.7 cm³/mol. The van der Waals surface area contributed by atoms with Gasteiger partial charge in [-0.3, -0.25) is 5.10 Å². The van der Waals surface area contributed by atoms with E-state index >= 15 is 0 Å². The van der Waals surface area contributed by atoms with E-state index in [9.17, 15) is 0 Å². The normalized spacial score (nSPS) is 27.9. The molecule has 110 valence electrons. The molecule has 2 aliphatic rings. The first-order valence-electron chi connectivity index (χ1n) is 7.70. The Hall–Kier alpha value is -1.72. The molecule has 0 amide bonds. The van der Waals surface area contributed by atoms with Crippen molar-refractivity contribution < 1.29 is 4.74 Å². The standard InChI is InChI=1S/C16H20N4O/c1-2-4-13-11(3-1)5-6-14(13)17-9-12-7-8-21-15(12)16-18-10-19-20-16/h1-4,10,12,14-15,17H,5-9H2,(H,18,19,20)/t12-,14?,15-/m0/s1. The molecular formula is C16H20N4O. The Kier molecular flexibility index (Phi) is 3.45. The molecule has 1 aromatic heterocycles. The minimum atomic E-state index is 0.0525. The summed E-state index contributed by atoms with van der Waals surface area (Å²) in [6.45, 7) is 1.77. The average molecular weight is 284 g/mol. The fourth-order valence-electron chi connectivity index (χ4n) is 3.56. The highest BCUT2D eigenvalue weighted by atomic mass is 16.5. The Labute approximate surface area is 124 Å². The number of H-pyrrole nitrogens is 1. The monoisotopic (exact) mass is 284 g/mol. The molecule has 0 bridgehead atoms. The summed E-state index contributed by atoms with van der Waals surface area (Å²) >= 11 is 0. The second-order valence-corrected chi connectivity index (χ2v) is 5.91. The van der Waals surface area contributed by atoms with Gasteiger partial charge in [0.25, 0.3) is 0 Å². The number of aromatic nitrogens is 3. The lowest BCUT2D eigenvalue weighted by atomic mass is 10.00. The topological polar surface area (TPSA) is 62.8 Å². The number of benzene rings is 1. The first-order chi connectivity index (χ1) is 10.4. The molecule has 21 heavy (non-hydrogen) atoms. The molecule has 2 aromatic rings. The summed E-state index contributed by atoms with van der Waals surface area (Å²) in [6.07, 6.45) is 5.05. The van der Waals surface area contributed by atoms with Crippen molar-refractivity contribution in [2.75, 3.05) is 13.2 Å². The van der Waals surface area contributed by atoms with Gasteiger partial charge in [-0.25, -0.2) is 4.98 Å². The maximum absolute atomic E-state index is 5.82. The van der Waals surface area contributed by atoms with Crippen LogP contribution < -0.4 is 5.32 Å². The van der Waals surface area contributed by atoms with Crippen LogP contribution in [0.5, 0.6) is 0 Å². The molecule has 5 heteroatoms. The van der Waals surface area contributed by atoms with E-state index in [4.69, 9.17) is 4.74 Å². The first kappa shape index (κ1) is 13.0. The van der Waals surface area contributed by atoms with Crippen molar-refractivity contribution in [2.24, 2.45) is 5.92 Å². The second-order valence-electron chi connectivity index (χ2n) is 5.91. The van der Waals surface area contributed by atoms with Gasteiger partial charge >= 0.3 is 0 Å². The van der Waals surface area contributed by atoms with Gasteiger partial charge in [0.2, 0.25) is 0 Å². The van der Waals surface area contributed by atoms with Gasteiger partial charge in [-0.05, 0) is 30.4 Å². The molecule has 1 fully saturated rings. The van der Waals surface area contributed by atoms with Gasteiger partial charge in [0.1, 0.15) is 12.4 Å². The fourth-order valence-corrected chi connectivity index (χ4v) is 3.56. The third-order valence-corrected chi connectivity index (χ3v) is 4.68. The molecule has 1 unspecified atom stereocenters. The van der Waals surface area contributed by atoms with Crippen molar-refractivity contribution >= 4 is 0 Å².